The van der Waals surface area contributed by atoms with Gasteiger partial charge in [-0.25, -0.2) is 0 Å². The summed E-state index contributed by atoms with van der Waals surface area (Å²) in [6.07, 6.45) is 3.93. The lowest BCUT2D eigenvalue weighted by Gasteiger charge is -2.45. The van der Waals surface area contributed by atoms with Gasteiger partial charge in [-0.05, 0) is 133 Å². The Kier molecular flexibility index (Phi) is 8.26. The Morgan fingerprint density at radius 2 is 0.774 bits per heavy atom. The molecule has 290 valence electrons. The van der Waals surface area contributed by atoms with Crippen molar-refractivity contribution in [2.24, 2.45) is 0 Å². The molecule has 0 unspecified atom stereocenters. The molecule has 0 aromatic heterocycles. The zero-order valence-corrected chi connectivity index (χ0v) is 34.1. The highest BCUT2D eigenvalue weighted by atomic mass is 15.2. The van der Waals surface area contributed by atoms with E-state index in [4.69, 9.17) is 0 Å². The topological polar surface area (TPSA) is 9.72 Å². The van der Waals surface area contributed by atoms with Gasteiger partial charge >= 0.3 is 0 Å². The van der Waals surface area contributed by atoms with Gasteiger partial charge in [-0.2, -0.15) is 0 Å². The molecule has 0 saturated heterocycles. The fourth-order valence-corrected chi connectivity index (χ4v) is 10.0. The molecule has 0 fully saturated rings. The van der Waals surface area contributed by atoms with E-state index in [-0.39, 0.29) is 6.71 Å². The van der Waals surface area contributed by atoms with E-state index in [9.17, 15) is 0 Å². The highest BCUT2D eigenvalue weighted by molar-refractivity contribution is 7.00. The molecule has 0 aliphatic carbocycles. The SMILES string of the molecule is C=Cc1cc2c(cc1C=C)N(c1ccc3ccccc3c1)c1cc(N(c3ccccc3)c3ccccc3)cc3c1B2c1cc2ccccc2cc1N3c1ccc2ccccc2c1. The van der Waals surface area contributed by atoms with Gasteiger partial charge in [0.05, 0.1) is 5.69 Å². The van der Waals surface area contributed by atoms with Gasteiger partial charge in [-0.1, -0.05) is 159 Å². The molecule has 2 heterocycles. The van der Waals surface area contributed by atoms with Crippen molar-refractivity contribution in [3.63, 3.8) is 0 Å². The van der Waals surface area contributed by atoms with Crippen LogP contribution in [0.1, 0.15) is 11.1 Å². The number of para-hydroxylation sites is 2. The van der Waals surface area contributed by atoms with Crippen LogP contribution in [0.5, 0.6) is 0 Å². The second-order valence-electron chi connectivity index (χ2n) is 16.3. The molecule has 10 aromatic carbocycles. The maximum Gasteiger partial charge on any atom is 0.252 e. The predicted octanol–water partition coefficient (Wildman–Crippen LogP) is 14.0. The number of hydrogen-bond donors (Lipinski definition) is 0. The van der Waals surface area contributed by atoms with E-state index < -0.39 is 0 Å². The molecule has 0 saturated carbocycles. The minimum Gasteiger partial charge on any atom is -0.311 e. The van der Waals surface area contributed by atoms with Crippen LogP contribution in [-0.2, 0) is 0 Å². The highest BCUT2D eigenvalue weighted by Crippen LogP contribution is 2.49. The molecule has 0 atom stereocenters. The second-order valence-corrected chi connectivity index (χ2v) is 16.3. The molecule has 62 heavy (non-hydrogen) atoms. The van der Waals surface area contributed by atoms with Crippen molar-refractivity contribution >= 4 is 119 Å². The maximum absolute atomic E-state index is 4.30. The Balaban J connectivity index is 1.25. The smallest absolute Gasteiger partial charge is 0.252 e. The van der Waals surface area contributed by atoms with Crippen LogP contribution in [-0.4, -0.2) is 6.71 Å². The standard InChI is InChI=1S/C58H40BN3/c1-3-39-33-52-54(35-40(39)4-2)61(49-29-27-41-17-11-13-19-43(41)31-49)56-37-51(60(47-23-7-5-8-24-47)48-25-9-6-10-26-48)38-57-58(56)59(52)53-34-45-21-15-16-22-46(45)36-55(53)62(57)50-30-28-42-18-12-14-20-44(42)32-50/h3-38H,1-2H2. The first kappa shape index (κ1) is 35.8. The van der Waals surface area contributed by atoms with E-state index in [0.717, 1.165) is 56.6 Å². The van der Waals surface area contributed by atoms with Gasteiger partial charge in [0.2, 0.25) is 0 Å². The first-order valence-corrected chi connectivity index (χ1v) is 21.3. The predicted molar refractivity (Wildman–Crippen MR) is 268 cm³/mol. The normalized spacial score (nSPS) is 12.5. The van der Waals surface area contributed by atoms with Crippen molar-refractivity contribution in [2.45, 2.75) is 0 Å². The summed E-state index contributed by atoms with van der Waals surface area (Å²) in [7, 11) is 0. The summed E-state index contributed by atoms with van der Waals surface area (Å²) in [6, 6.07) is 75.7. The summed E-state index contributed by atoms with van der Waals surface area (Å²) in [5.74, 6) is 0. The first-order valence-electron chi connectivity index (χ1n) is 21.3. The molecular weight excluding hydrogens is 749 g/mol. The highest BCUT2D eigenvalue weighted by Gasteiger charge is 2.44. The molecule has 0 N–H and O–H groups in total. The molecule has 0 radical (unpaired) electrons. The average molecular weight is 790 g/mol. The summed E-state index contributed by atoms with van der Waals surface area (Å²) in [4.78, 5) is 7.42. The zero-order valence-electron chi connectivity index (χ0n) is 34.1. The van der Waals surface area contributed by atoms with E-state index in [1.165, 1.54) is 54.4 Å². The Morgan fingerprint density at radius 3 is 1.29 bits per heavy atom. The summed E-state index contributed by atoms with van der Waals surface area (Å²) >= 11 is 0. The van der Waals surface area contributed by atoms with E-state index >= 15 is 0 Å². The largest absolute Gasteiger partial charge is 0.311 e. The second kappa shape index (κ2) is 14.3. The van der Waals surface area contributed by atoms with Crippen LogP contribution in [0.2, 0.25) is 0 Å². The summed E-state index contributed by atoms with van der Waals surface area (Å²) < 4.78 is 0. The fraction of sp³-hybridized carbons (Fsp3) is 0. The van der Waals surface area contributed by atoms with Crippen molar-refractivity contribution in [1.29, 1.82) is 0 Å². The monoisotopic (exact) mass is 789 g/mol. The van der Waals surface area contributed by atoms with E-state index in [1.54, 1.807) is 0 Å². The van der Waals surface area contributed by atoms with Crippen molar-refractivity contribution < 1.29 is 0 Å². The number of hydrogen-bond acceptors (Lipinski definition) is 3. The molecule has 4 heteroatoms. The Hall–Kier alpha value is -8.08. The number of nitrogens with zero attached hydrogens (tertiary/aromatic N) is 3. The summed E-state index contributed by atoms with van der Waals surface area (Å²) in [6.45, 7) is 8.51. The lowest BCUT2D eigenvalue weighted by Crippen LogP contribution is -2.61. The van der Waals surface area contributed by atoms with Crippen LogP contribution in [0.4, 0.5) is 51.2 Å². The number of benzene rings is 10. The molecule has 3 nitrogen and oxygen atoms in total. The molecule has 0 amide bonds. The molecule has 0 spiro atoms. The van der Waals surface area contributed by atoms with Crippen molar-refractivity contribution in [2.75, 3.05) is 14.7 Å². The van der Waals surface area contributed by atoms with Crippen LogP contribution in [0.3, 0.4) is 0 Å². The molecular formula is C58H40BN3. The van der Waals surface area contributed by atoms with Gasteiger partial charge in [0.1, 0.15) is 0 Å². The summed E-state index contributed by atoms with van der Waals surface area (Å²) in [5.41, 5.74) is 15.9. The maximum atomic E-state index is 4.30. The van der Waals surface area contributed by atoms with Gasteiger partial charge in [-0.15, -0.1) is 0 Å². The van der Waals surface area contributed by atoms with Crippen LogP contribution in [0.15, 0.2) is 219 Å². The van der Waals surface area contributed by atoms with Crippen molar-refractivity contribution in [3.05, 3.63) is 231 Å². The van der Waals surface area contributed by atoms with Crippen LogP contribution in [0, 0.1) is 0 Å². The number of rotatable bonds is 7. The van der Waals surface area contributed by atoms with Crippen LogP contribution >= 0.6 is 0 Å². The Bertz CT molecular complexity index is 3390. The number of fused-ring (bicyclic) bond motifs is 7. The Labute approximate surface area is 362 Å². The van der Waals surface area contributed by atoms with E-state index in [0.29, 0.717) is 0 Å². The van der Waals surface area contributed by atoms with Gasteiger partial charge in [0.25, 0.3) is 6.71 Å². The fourth-order valence-electron chi connectivity index (χ4n) is 10.0. The number of anilines is 9. The molecule has 2 aliphatic heterocycles. The molecule has 2 aliphatic rings. The third-order valence-electron chi connectivity index (χ3n) is 12.8. The Morgan fingerprint density at radius 1 is 0.355 bits per heavy atom. The van der Waals surface area contributed by atoms with Gasteiger partial charge < -0.3 is 14.7 Å². The lowest BCUT2D eigenvalue weighted by molar-refractivity contribution is 1.23. The minimum absolute atomic E-state index is 0.0865. The molecule has 12 rings (SSSR count). The van der Waals surface area contributed by atoms with Gasteiger partial charge in [0.15, 0.2) is 0 Å². The van der Waals surface area contributed by atoms with E-state index in [2.05, 4.69) is 234 Å². The average Bonchev–Trinajstić information content (AvgIpc) is 3.33. The third kappa shape index (κ3) is 5.61. The van der Waals surface area contributed by atoms with Gasteiger partial charge in [0, 0.05) is 45.5 Å². The van der Waals surface area contributed by atoms with Crippen LogP contribution < -0.4 is 31.1 Å². The third-order valence-corrected chi connectivity index (χ3v) is 12.8. The quantitative estimate of drug-likeness (QED) is 0.149. The van der Waals surface area contributed by atoms with E-state index in [1.807, 2.05) is 12.2 Å². The minimum atomic E-state index is -0.0865. The summed E-state index contributed by atoms with van der Waals surface area (Å²) in [5, 5.41) is 7.23. The van der Waals surface area contributed by atoms with Gasteiger partial charge in [-0.3, -0.25) is 0 Å². The first-order chi connectivity index (χ1) is 30.6. The molecule has 0 bridgehead atoms. The van der Waals surface area contributed by atoms with Crippen molar-refractivity contribution in [1.82, 2.24) is 0 Å². The zero-order chi connectivity index (χ0) is 41.3. The van der Waals surface area contributed by atoms with Crippen molar-refractivity contribution in [3.8, 4) is 0 Å². The molecule has 10 aromatic rings. The van der Waals surface area contributed by atoms with Crippen LogP contribution in [0.25, 0.3) is 44.5 Å². The lowest BCUT2D eigenvalue weighted by atomic mass is 9.33.